The Balaban J connectivity index is 1.94. The van der Waals surface area contributed by atoms with E-state index in [1.165, 1.54) is 0 Å². The Morgan fingerprint density at radius 3 is 2.32 bits per heavy atom. The van der Waals surface area contributed by atoms with Crippen LogP contribution in [0.3, 0.4) is 0 Å². The zero-order chi connectivity index (χ0) is 13.1. The average molecular weight is 248 g/mol. The maximum Gasteiger partial charge on any atom is 0.150 e. The standard InChI is InChI=1S/C16H12N2O/c19-11-12-6-8-13(9-7-12)15-10-17-16(18-15)14-4-2-1-3-5-14/h1-11H,(H,17,18). The fraction of sp³-hybridized carbons (Fsp3) is 0. The largest absolute Gasteiger partial charge is 0.338 e. The minimum atomic E-state index is 0.673. The summed E-state index contributed by atoms with van der Waals surface area (Å²) in [6, 6.07) is 17.4. The lowest BCUT2D eigenvalue weighted by atomic mass is 10.1. The summed E-state index contributed by atoms with van der Waals surface area (Å²) < 4.78 is 0. The molecule has 3 nitrogen and oxygen atoms in total. The summed E-state index contributed by atoms with van der Waals surface area (Å²) in [5.74, 6) is 0.843. The van der Waals surface area contributed by atoms with Crippen LogP contribution in [0.4, 0.5) is 0 Å². The number of aldehydes is 1. The topological polar surface area (TPSA) is 45.8 Å². The van der Waals surface area contributed by atoms with Crippen molar-refractivity contribution < 1.29 is 4.79 Å². The summed E-state index contributed by atoms with van der Waals surface area (Å²) in [6.45, 7) is 0. The van der Waals surface area contributed by atoms with Crippen LogP contribution >= 0.6 is 0 Å². The number of aromatic amines is 1. The second-order valence-corrected chi connectivity index (χ2v) is 4.25. The van der Waals surface area contributed by atoms with Crippen molar-refractivity contribution in [1.29, 1.82) is 0 Å². The minimum absolute atomic E-state index is 0.673. The third-order valence-electron chi connectivity index (χ3n) is 2.98. The first-order valence-corrected chi connectivity index (χ1v) is 6.03. The molecule has 0 amide bonds. The molecular formula is C16H12N2O. The fourth-order valence-electron chi connectivity index (χ4n) is 1.95. The molecule has 19 heavy (non-hydrogen) atoms. The third-order valence-corrected chi connectivity index (χ3v) is 2.98. The van der Waals surface area contributed by atoms with Crippen LogP contribution in [0.2, 0.25) is 0 Å². The van der Waals surface area contributed by atoms with E-state index in [0.717, 1.165) is 28.9 Å². The second kappa shape index (κ2) is 4.90. The summed E-state index contributed by atoms with van der Waals surface area (Å²) in [5.41, 5.74) is 3.68. The maximum absolute atomic E-state index is 10.6. The lowest BCUT2D eigenvalue weighted by Crippen LogP contribution is -1.82. The molecule has 2 aromatic carbocycles. The van der Waals surface area contributed by atoms with Gasteiger partial charge in [0.05, 0.1) is 11.9 Å². The molecule has 92 valence electrons. The van der Waals surface area contributed by atoms with Crippen LogP contribution < -0.4 is 0 Å². The molecular weight excluding hydrogens is 236 g/mol. The van der Waals surface area contributed by atoms with Gasteiger partial charge in [-0.25, -0.2) is 4.98 Å². The van der Waals surface area contributed by atoms with Gasteiger partial charge in [0.1, 0.15) is 12.1 Å². The van der Waals surface area contributed by atoms with Gasteiger partial charge in [-0.1, -0.05) is 54.6 Å². The summed E-state index contributed by atoms with van der Waals surface area (Å²) in [6.07, 6.45) is 2.64. The molecule has 3 rings (SSSR count). The number of carbonyl (C=O) groups excluding carboxylic acids is 1. The predicted octanol–water partition coefficient (Wildman–Crippen LogP) is 3.56. The average Bonchev–Trinajstić information content (AvgIpc) is 2.98. The Morgan fingerprint density at radius 1 is 0.895 bits per heavy atom. The van der Waals surface area contributed by atoms with Crippen LogP contribution in [0, 0.1) is 0 Å². The molecule has 0 saturated carbocycles. The summed E-state index contributed by atoms with van der Waals surface area (Å²) >= 11 is 0. The highest BCUT2D eigenvalue weighted by Crippen LogP contribution is 2.21. The van der Waals surface area contributed by atoms with Crippen molar-refractivity contribution in [2.45, 2.75) is 0 Å². The lowest BCUT2D eigenvalue weighted by Gasteiger charge is -1.98. The van der Waals surface area contributed by atoms with Crippen LogP contribution in [-0.2, 0) is 0 Å². The van der Waals surface area contributed by atoms with E-state index in [9.17, 15) is 4.79 Å². The number of imidazole rings is 1. The molecule has 1 N–H and O–H groups in total. The Hall–Kier alpha value is -2.68. The van der Waals surface area contributed by atoms with Gasteiger partial charge in [0.25, 0.3) is 0 Å². The van der Waals surface area contributed by atoms with Gasteiger partial charge in [-0.3, -0.25) is 4.79 Å². The van der Waals surface area contributed by atoms with Gasteiger partial charge >= 0.3 is 0 Å². The maximum atomic E-state index is 10.6. The van der Waals surface area contributed by atoms with E-state index in [-0.39, 0.29) is 0 Å². The van der Waals surface area contributed by atoms with Gasteiger partial charge in [0, 0.05) is 11.1 Å². The van der Waals surface area contributed by atoms with E-state index in [2.05, 4.69) is 9.97 Å². The van der Waals surface area contributed by atoms with Crippen LogP contribution in [0.15, 0.2) is 60.8 Å². The van der Waals surface area contributed by atoms with E-state index < -0.39 is 0 Å². The number of benzene rings is 2. The van der Waals surface area contributed by atoms with Crippen LogP contribution in [0.5, 0.6) is 0 Å². The van der Waals surface area contributed by atoms with Crippen LogP contribution in [0.1, 0.15) is 10.4 Å². The Labute approximate surface area is 111 Å². The zero-order valence-corrected chi connectivity index (χ0v) is 10.2. The molecule has 0 radical (unpaired) electrons. The number of nitrogens with zero attached hydrogens (tertiary/aromatic N) is 1. The highest BCUT2D eigenvalue weighted by atomic mass is 16.1. The van der Waals surface area contributed by atoms with E-state index >= 15 is 0 Å². The molecule has 1 heterocycles. The fourth-order valence-corrected chi connectivity index (χ4v) is 1.95. The summed E-state index contributed by atoms with van der Waals surface area (Å²) in [5, 5.41) is 0. The van der Waals surface area contributed by atoms with Gasteiger partial charge < -0.3 is 4.98 Å². The quantitative estimate of drug-likeness (QED) is 0.720. The Bertz CT molecular complexity index is 684. The highest BCUT2D eigenvalue weighted by molar-refractivity contribution is 5.76. The number of aromatic nitrogens is 2. The lowest BCUT2D eigenvalue weighted by molar-refractivity contribution is 0.112. The van der Waals surface area contributed by atoms with Crippen molar-refractivity contribution in [2.75, 3.05) is 0 Å². The number of carbonyl (C=O) groups is 1. The van der Waals surface area contributed by atoms with Gasteiger partial charge in [0.15, 0.2) is 0 Å². The molecule has 0 spiro atoms. The van der Waals surface area contributed by atoms with Crippen molar-refractivity contribution in [1.82, 2.24) is 9.97 Å². The number of H-pyrrole nitrogens is 1. The third kappa shape index (κ3) is 2.31. The Morgan fingerprint density at radius 2 is 1.63 bits per heavy atom. The van der Waals surface area contributed by atoms with Crippen molar-refractivity contribution in [3.05, 3.63) is 66.4 Å². The minimum Gasteiger partial charge on any atom is -0.338 e. The number of nitrogens with one attached hydrogen (secondary N) is 1. The predicted molar refractivity (Wildman–Crippen MR) is 74.8 cm³/mol. The summed E-state index contributed by atoms with van der Waals surface area (Å²) in [4.78, 5) is 18.3. The first-order chi connectivity index (χ1) is 9.36. The van der Waals surface area contributed by atoms with Gasteiger partial charge in [-0.15, -0.1) is 0 Å². The molecule has 0 unspecified atom stereocenters. The molecule has 0 aliphatic heterocycles. The van der Waals surface area contributed by atoms with Crippen molar-refractivity contribution in [2.24, 2.45) is 0 Å². The molecule has 0 aliphatic rings. The SMILES string of the molecule is O=Cc1ccc(-c2cnc(-c3ccccc3)[nH]2)cc1. The molecule has 1 aromatic heterocycles. The van der Waals surface area contributed by atoms with E-state index in [4.69, 9.17) is 0 Å². The van der Waals surface area contributed by atoms with E-state index in [1.807, 2.05) is 42.5 Å². The van der Waals surface area contributed by atoms with E-state index in [1.54, 1.807) is 18.3 Å². The van der Waals surface area contributed by atoms with Crippen molar-refractivity contribution in [3.8, 4) is 22.6 Å². The molecule has 0 fully saturated rings. The molecule has 3 aromatic rings. The first-order valence-electron chi connectivity index (χ1n) is 6.03. The monoisotopic (exact) mass is 248 g/mol. The van der Waals surface area contributed by atoms with Gasteiger partial charge in [0.2, 0.25) is 0 Å². The van der Waals surface area contributed by atoms with Gasteiger partial charge in [-0.05, 0) is 5.56 Å². The Kier molecular flexibility index (Phi) is 2.94. The molecule has 0 aliphatic carbocycles. The summed E-state index contributed by atoms with van der Waals surface area (Å²) in [7, 11) is 0. The number of hydrogen-bond acceptors (Lipinski definition) is 2. The van der Waals surface area contributed by atoms with E-state index in [0.29, 0.717) is 5.56 Å². The molecule has 0 bridgehead atoms. The van der Waals surface area contributed by atoms with Crippen molar-refractivity contribution in [3.63, 3.8) is 0 Å². The van der Waals surface area contributed by atoms with Crippen LogP contribution in [0.25, 0.3) is 22.6 Å². The molecule has 0 atom stereocenters. The molecule has 3 heteroatoms. The van der Waals surface area contributed by atoms with Crippen molar-refractivity contribution >= 4 is 6.29 Å². The van der Waals surface area contributed by atoms with Gasteiger partial charge in [-0.2, -0.15) is 0 Å². The second-order valence-electron chi connectivity index (χ2n) is 4.25. The number of hydrogen-bond donors (Lipinski definition) is 1. The van der Waals surface area contributed by atoms with Crippen LogP contribution in [-0.4, -0.2) is 16.3 Å². The zero-order valence-electron chi connectivity index (χ0n) is 10.2. The highest BCUT2D eigenvalue weighted by Gasteiger charge is 2.04. The number of rotatable bonds is 3. The molecule has 0 saturated heterocycles. The normalized spacial score (nSPS) is 10.3. The first kappa shape index (κ1) is 11.4. The smallest absolute Gasteiger partial charge is 0.150 e.